The number of nitrogens with one attached hydrogen (secondary N) is 1. The summed E-state index contributed by atoms with van der Waals surface area (Å²) in [7, 11) is 0. The SMILES string of the molecule is CC(C)CCCC(C)Nc1nncs1. The minimum absolute atomic E-state index is 0.502. The van der Waals surface area contributed by atoms with Gasteiger partial charge in [-0.3, -0.25) is 0 Å². The lowest BCUT2D eigenvalue weighted by atomic mass is 10.0. The molecule has 0 aromatic carbocycles. The summed E-state index contributed by atoms with van der Waals surface area (Å²) in [5.41, 5.74) is 1.75. The molecule has 0 fully saturated rings. The van der Waals surface area contributed by atoms with Crippen molar-refractivity contribution in [3.63, 3.8) is 0 Å². The molecule has 1 aromatic rings. The van der Waals surface area contributed by atoms with Crippen LogP contribution in [0.25, 0.3) is 0 Å². The topological polar surface area (TPSA) is 37.8 Å². The van der Waals surface area contributed by atoms with Gasteiger partial charge < -0.3 is 5.32 Å². The van der Waals surface area contributed by atoms with Gasteiger partial charge in [0.2, 0.25) is 5.13 Å². The van der Waals surface area contributed by atoms with E-state index in [1.54, 1.807) is 16.8 Å². The molecule has 0 radical (unpaired) electrons. The zero-order valence-corrected chi connectivity index (χ0v) is 9.97. The summed E-state index contributed by atoms with van der Waals surface area (Å²) in [4.78, 5) is 0. The molecule has 3 nitrogen and oxygen atoms in total. The lowest BCUT2D eigenvalue weighted by molar-refractivity contribution is 0.520. The molecule has 0 saturated carbocycles. The highest BCUT2D eigenvalue weighted by atomic mass is 32.1. The second-order valence-corrected chi connectivity index (χ2v) is 4.95. The molecule has 4 heteroatoms. The fraction of sp³-hybridized carbons (Fsp3) is 0.800. The van der Waals surface area contributed by atoms with Crippen LogP contribution in [0.15, 0.2) is 5.51 Å². The largest absolute Gasteiger partial charge is 0.358 e. The quantitative estimate of drug-likeness (QED) is 0.788. The van der Waals surface area contributed by atoms with Crippen LogP contribution in [0.2, 0.25) is 0 Å². The number of hydrogen-bond donors (Lipinski definition) is 1. The smallest absolute Gasteiger partial charge is 0.205 e. The van der Waals surface area contributed by atoms with Crippen LogP contribution in [0.4, 0.5) is 5.13 Å². The fourth-order valence-electron chi connectivity index (χ4n) is 1.35. The van der Waals surface area contributed by atoms with Crippen molar-refractivity contribution in [2.75, 3.05) is 5.32 Å². The Labute approximate surface area is 89.9 Å². The average molecular weight is 213 g/mol. The molecule has 1 atom stereocenters. The van der Waals surface area contributed by atoms with Crippen molar-refractivity contribution in [3.8, 4) is 0 Å². The molecule has 1 aromatic heterocycles. The number of hydrogen-bond acceptors (Lipinski definition) is 4. The molecule has 14 heavy (non-hydrogen) atoms. The van der Waals surface area contributed by atoms with Gasteiger partial charge in [0.1, 0.15) is 5.51 Å². The number of anilines is 1. The molecule has 0 aliphatic heterocycles. The van der Waals surface area contributed by atoms with Crippen molar-refractivity contribution in [3.05, 3.63) is 5.51 Å². The Bertz CT molecular complexity index is 234. The van der Waals surface area contributed by atoms with Gasteiger partial charge in [-0.25, -0.2) is 0 Å². The Morgan fingerprint density at radius 1 is 1.36 bits per heavy atom. The van der Waals surface area contributed by atoms with Crippen molar-refractivity contribution >= 4 is 16.5 Å². The monoisotopic (exact) mass is 213 g/mol. The zero-order chi connectivity index (χ0) is 10.4. The molecule has 1 N–H and O–H groups in total. The van der Waals surface area contributed by atoms with Gasteiger partial charge in [0.25, 0.3) is 0 Å². The van der Waals surface area contributed by atoms with Crippen LogP contribution < -0.4 is 5.32 Å². The van der Waals surface area contributed by atoms with Gasteiger partial charge in [0.15, 0.2) is 0 Å². The summed E-state index contributed by atoms with van der Waals surface area (Å²) in [6.45, 7) is 6.73. The predicted molar refractivity (Wildman–Crippen MR) is 61.7 cm³/mol. The highest BCUT2D eigenvalue weighted by molar-refractivity contribution is 7.13. The van der Waals surface area contributed by atoms with Gasteiger partial charge in [0, 0.05) is 6.04 Å². The molecule has 0 aliphatic carbocycles. The Morgan fingerprint density at radius 2 is 2.14 bits per heavy atom. The molecule has 80 valence electrons. The molecule has 0 spiro atoms. The highest BCUT2D eigenvalue weighted by Crippen LogP contribution is 2.14. The van der Waals surface area contributed by atoms with E-state index in [1.165, 1.54) is 19.3 Å². The first-order valence-electron chi connectivity index (χ1n) is 5.21. The van der Waals surface area contributed by atoms with E-state index in [1.807, 2.05) is 0 Å². The molecule has 0 aliphatic rings. The Hall–Kier alpha value is -0.640. The van der Waals surface area contributed by atoms with Gasteiger partial charge in [-0.05, 0) is 19.3 Å². The Morgan fingerprint density at radius 3 is 2.71 bits per heavy atom. The van der Waals surface area contributed by atoms with Crippen LogP contribution in [-0.2, 0) is 0 Å². The maximum Gasteiger partial charge on any atom is 0.205 e. The molecule has 1 rings (SSSR count). The van der Waals surface area contributed by atoms with E-state index in [9.17, 15) is 0 Å². The van der Waals surface area contributed by atoms with E-state index in [2.05, 4.69) is 36.3 Å². The maximum absolute atomic E-state index is 3.96. The third kappa shape index (κ3) is 4.56. The Kier molecular flexibility index (Phi) is 4.87. The van der Waals surface area contributed by atoms with Crippen LogP contribution in [0.5, 0.6) is 0 Å². The fourth-order valence-corrected chi connectivity index (χ4v) is 1.91. The van der Waals surface area contributed by atoms with Crippen molar-refractivity contribution in [1.82, 2.24) is 10.2 Å². The van der Waals surface area contributed by atoms with Gasteiger partial charge in [-0.1, -0.05) is 38.0 Å². The van der Waals surface area contributed by atoms with Crippen LogP contribution in [0.1, 0.15) is 40.0 Å². The molecule has 1 unspecified atom stereocenters. The first-order chi connectivity index (χ1) is 6.68. The second kappa shape index (κ2) is 5.96. The van der Waals surface area contributed by atoms with Gasteiger partial charge in [-0.15, -0.1) is 10.2 Å². The normalized spacial score (nSPS) is 13.1. The molecule has 1 heterocycles. The second-order valence-electron chi connectivity index (χ2n) is 4.11. The van der Waals surface area contributed by atoms with Gasteiger partial charge in [-0.2, -0.15) is 0 Å². The van der Waals surface area contributed by atoms with E-state index in [0.717, 1.165) is 11.0 Å². The molecular weight excluding hydrogens is 194 g/mol. The minimum atomic E-state index is 0.502. The van der Waals surface area contributed by atoms with E-state index < -0.39 is 0 Å². The molecule has 0 amide bonds. The molecule has 0 bridgehead atoms. The lowest BCUT2D eigenvalue weighted by Crippen LogP contribution is -2.14. The van der Waals surface area contributed by atoms with Crippen LogP contribution in [0, 0.1) is 5.92 Å². The third-order valence-electron chi connectivity index (χ3n) is 2.15. The van der Waals surface area contributed by atoms with E-state index in [-0.39, 0.29) is 0 Å². The van der Waals surface area contributed by atoms with Crippen LogP contribution >= 0.6 is 11.3 Å². The number of aromatic nitrogens is 2. The van der Waals surface area contributed by atoms with E-state index >= 15 is 0 Å². The van der Waals surface area contributed by atoms with Crippen molar-refractivity contribution in [1.29, 1.82) is 0 Å². The molecule has 0 saturated heterocycles. The van der Waals surface area contributed by atoms with E-state index in [0.29, 0.717) is 6.04 Å². The highest BCUT2D eigenvalue weighted by Gasteiger charge is 2.04. The van der Waals surface area contributed by atoms with Crippen molar-refractivity contribution < 1.29 is 0 Å². The summed E-state index contributed by atoms with van der Waals surface area (Å²) >= 11 is 1.56. The van der Waals surface area contributed by atoms with Gasteiger partial charge in [0.05, 0.1) is 0 Å². The predicted octanol–water partition coefficient (Wildman–Crippen LogP) is 3.16. The third-order valence-corrected chi connectivity index (χ3v) is 2.77. The Balaban J connectivity index is 2.13. The first-order valence-corrected chi connectivity index (χ1v) is 6.09. The number of rotatable bonds is 6. The van der Waals surface area contributed by atoms with Crippen LogP contribution in [0.3, 0.4) is 0 Å². The first kappa shape index (κ1) is 11.4. The van der Waals surface area contributed by atoms with Crippen LogP contribution in [-0.4, -0.2) is 16.2 Å². The maximum atomic E-state index is 3.96. The summed E-state index contributed by atoms with van der Waals surface area (Å²) < 4.78 is 0. The average Bonchev–Trinajstić information content (AvgIpc) is 2.56. The molecular formula is C10H19N3S. The van der Waals surface area contributed by atoms with Crippen molar-refractivity contribution in [2.45, 2.75) is 46.1 Å². The standard InChI is InChI=1S/C10H19N3S/c1-8(2)5-4-6-9(3)12-10-13-11-7-14-10/h7-9H,4-6H2,1-3H3,(H,12,13). The van der Waals surface area contributed by atoms with Gasteiger partial charge >= 0.3 is 0 Å². The summed E-state index contributed by atoms with van der Waals surface area (Å²) in [6, 6.07) is 0.502. The number of nitrogens with zero attached hydrogens (tertiary/aromatic N) is 2. The lowest BCUT2D eigenvalue weighted by Gasteiger charge is -2.12. The van der Waals surface area contributed by atoms with E-state index in [4.69, 9.17) is 0 Å². The minimum Gasteiger partial charge on any atom is -0.358 e. The summed E-state index contributed by atoms with van der Waals surface area (Å²) in [5, 5.41) is 12.0. The summed E-state index contributed by atoms with van der Waals surface area (Å²) in [5.74, 6) is 0.809. The summed E-state index contributed by atoms with van der Waals surface area (Å²) in [6.07, 6.45) is 3.80. The zero-order valence-electron chi connectivity index (χ0n) is 9.16. The van der Waals surface area contributed by atoms with Crippen molar-refractivity contribution in [2.24, 2.45) is 5.92 Å².